The van der Waals surface area contributed by atoms with Gasteiger partial charge in [-0.05, 0) is 66.2 Å². The topological polar surface area (TPSA) is 62.6 Å². The zero-order valence-electron chi connectivity index (χ0n) is 16.8. The lowest BCUT2D eigenvalue weighted by molar-refractivity contribution is -0.141. The molecule has 0 N–H and O–H groups in total. The minimum absolute atomic E-state index is 0.394. The first-order valence-corrected chi connectivity index (χ1v) is 10.1. The number of thiazole rings is 1. The molecule has 0 amide bonds. The van der Waals surface area contributed by atoms with Crippen molar-refractivity contribution in [1.82, 2.24) is 9.71 Å². The first-order chi connectivity index (χ1) is 14.6. The van der Waals surface area contributed by atoms with E-state index in [-0.39, 0.29) is 0 Å². The zero-order chi connectivity index (χ0) is 21.1. The third-order valence-electron chi connectivity index (χ3n) is 4.50. The van der Waals surface area contributed by atoms with Gasteiger partial charge in [-0.25, -0.2) is 9.78 Å². The van der Waals surface area contributed by atoms with Crippen molar-refractivity contribution in [2.45, 2.75) is 6.92 Å². The highest BCUT2D eigenvalue weighted by molar-refractivity contribution is 7.18. The van der Waals surface area contributed by atoms with Crippen LogP contribution in [-0.2, 0) is 4.79 Å². The highest BCUT2D eigenvalue weighted by Gasteiger charge is 2.19. The van der Waals surface area contributed by atoms with Gasteiger partial charge >= 0.3 is 5.97 Å². The number of rotatable bonds is 6. The van der Waals surface area contributed by atoms with Gasteiger partial charge in [0.15, 0.2) is 0 Å². The Balaban J connectivity index is 1.84. The summed E-state index contributed by atoms with van der Waals surface area (Å²) in [5, 5.41) is 0.748. The van der Waals surface area contributed by atoms with E-state index in [9.17, 15) is 4.79 Å². The van der Waals surface area contributed by atoms with E-state index in [4.69, 9.17) is 19.3 Å². The van der Waals surface area contributed by atoms with Crippen LogP contribution in [0.1, 0.15) is 6.92 Å². The standard InChI is InChI=1S/C23H20N2O4S/c1-15(26)29-25-14-4-5-20(25)23-24-21(16-6-10-18(27-2)11-7-16)22(30-23)17-8-12-19(28-3)13-9-17/h4-14H,1-3H3. The lowest BCUT2D eigenvalue weighted by Crippen LogP contribution is -2.16. The number of nitrogens with zero attached hydrogens (tertiary/aromatic N) is 2. The molecule has 0 saturated carbocycles. The molecule has 0 atom stereocenters. The number of benzene rings is 2. The molecule has 2 aromatic carbocycles. The molecule has 0 bridgehead atoms. The van der Waals surface area contributed by atoms with Gasteiger partial charge in [-0.1, -0.05) is 0 Å². The number of ether oxygens (including phenoxy) is 2. The van der Waals surface area contributed by atoms with Crippen molar-refractivity contribution < 1.29 is 19.1 Å². The second-order valence-electron chi connectivity index (χ2n) is 6.46. The molecule has 0 aliphatic carbocycles. The quantitative estimate of drug-likeness (QED) is 0.442. The molecule has 0 aliphatic rings. The van der Waals surface area contributed by atoms with E-state index in [2.05, 4.69) is 0 Å². The summed E-state index contributed by atoms with van der Waals surface area (Å²) in [6.07, 6.45) is 1.69. The fraction of sp³-hybridized carbons (Fsp3) is 0.130. The summed E-state index contributed by atoms with van der Waals surface area (Å²) in [6, 6.07) is 19.3. The van der Waals surface area contributed by atoms with Crippen LogP contribution in [0, 0.1) is 0 Å². The highest BCUT2D eigenvalue weighted by Crippen LogP contribution is 2.41. The molecule has 30 heavy (non-hydrogen) atoms. The van der Waals surface area contributed by atoms with Gasteiger partial charge in [0, 0.05) is 18.7 Å². The fourth-order valence-corrected chi connectivity index (χ4v) is 4.17. The van der Waals surface area contributed by atoms with Crippen LogP contribution >= 0.6 is 11.3 Å². The van der Waals surface area contributed by atoms with Crippen LogP contribution in [0.15, 0.2) is 66.9 Å². The molecule has 4 rings (SSSR count). The Hall–Kier alpha value is -3.58. The molecule has 0 unspecified atom stereocenters. The normalized spacial score (nSPS) is 10.6. The maximum Gasteiger partial charge on any atom is 0.329 e. The molecule has 2 aromatic heterocycles. The third-order valence-corrected chi connectivity index (χ3v) is 5.63. The largest absolute Gasteiger partial charge is 0.497 e. The van der Waals surface area contributed by atoms with Crippen molar-refractivity contribution in [3.63, 3.8) is 0 Å². The molecular weight excluding hydrogens is 400 g/mol. The molecule has 0 saturated heterocycles. The Labute approximate surface area is 178 Å². The molecule has 0 radical (unpaired) electrons. The van der Waals surface area contributed by atoms with E-state index < -0.39 is 5.97 Å². The Morgan fingerprint density at radius 3 is 2.07 bits per heavy atom. The first kappa shape index (κ1) is 19.7. The summed E-state index contributed by atoms with van der Waals surface area (Å²) in [5.74, 6) is 1.18. The fourth-order valence-electron chi connectivity index (χ4n) is 3.06. The van der Waals surface area contributed by atoms with Crippen LogP contribution in [0.5, 0.6) is 11.5 Å². The van der Waals surface area contributed by atoms with Crippen LogP contribution in [0.2, 0.25) is 0 Å². The van der Waals surface area contributed by atoms with Gasteiger partial charge in [0.2, 0.25) is 0 Å². The van der Waals surface area contributed by atoms with E-state index in [0.717, 1.165) is 38.2 Å². The van der Waals surface area contributed by atoms with E-state index in [1.165, 1.54) is 23.0 Å². The lowest BCUT2D eigenvalue weighted by atomic mass is 10.1. The summed E-state index contributed by atoms with van der Waals surface area (Å²) in [7, 11) is 3.29. The maximum atomic E-state index is 11.4. The summed E-state index contributed by atoms with van der Waals surface area (Å²) in [5.41, 5.74) is 3.55. The molecule has 6 nitrogen and oxygen atoms in total. The molecule has 4 aromatic rings. The second-order valence-corrected chi connectivity index (χ2v) is 7.45. The number of hydrogen-bond acceptors (Lipinski definition) is 6. The average Bonchev–Trinajstić information content (AvgIpc) is 3.40. The van der Waals surface area contributed by atoms with Gasteiger partial charge in [0.1, 0.15) is 22.2 Å². The number of methoxy groups -OCH3 is 2. The van der Waals surface area contributed by atoms with Gasteiger partial charge in [0.25, 0.3) is 0 Å². The first-order valence-electron chi connectivity index (χ1n) is 9.25. The van der Waals surface area contributed by atoms with Crippen molar-refractivity contribution in [1.29, 1.82) is 0 Å². The van der Waals surface area contributed by atoms with Crippen molar-refractivity contribution in [2.75, 3.05) is 14.2 Å². The van der Waals surface area contributed by atoms with Crippen molar-refractivity contribution in [3.05, 3.63) is 66.9 Å². The smallest absolute Gasteiger partial charge is 0.329 e. The summed E-state index contributed by atoms with van der Waals surface area (Å²) >= 11 is 1.53. The summed E-state index contributed by atoms with van der Waals surface area (Å²) in [4.78, 5) is 22.6. The monoisotopic (exact) mass is 420 g/mol. The van der Waals surface area contributed by atoms with Gasteiger partial charge in [-0.15, -0.1) is 11.3 Å². The third kappa shape index (κ3) is 3.92. The molecule has 7 heteroatoms. The average molecular weight is 420 g/mol. The van der Waals surface area contributed by atoms with Gasteiger partial charge in [-0.3, -0.25) is 0 Å². The Morgan fingerprint density at radius 1 is 0.900 bits per heavy atom. The Kier molecular flexibility index (Phi) is 5.54. The maximum absolute atomic E-state index is 11.4. The minimum atomic E-state index is -0.394. The molecule has 2 heterocycles. The van der Waals surface area contributed by atoms with Crippen molar-refractivity contribution in [2.24, 2.45) is 0 Å². The number of carbonyl (C=O) groups is 1. The van der Waals surface area contributed by atoms with Crippen LogP contribution in [0.3, 0.4) is 0 Å². The van der Waals surface area contributed by atoms with E-state index >= 15 is 0 Å². The van der Waals surface area contributed by atoms with Crippen LogP contribution in [0.25, 0.3) is 32.4 Å². The second kappa shape index (κ2) is 8.42. The van der Waals surface area contributed by atoms with Gasteiger partial charge in [0.05, 0.1) is 24.8 Å². The number of aromatic nitrogens is 2. The van der Waals surface area contributed by atoms with Crippen LogP contribution < -0.4 is 14.3 Å². The predicted molar refractivity (Wildman–Crippen MR) is 117 cm³/mol. The van der Waals surface area contributed by atoms with E-state index in [1.54, 1.807) is 20.4 Å². The molecular formula is C23H20N2O4S. The summed E-state index contributed by atoms with van der Waals surface area (Å²) in [6.45, 7) is 1.37. The number of hydrogen-bond donors (Lipinski definition) is 0. The highest BCUT2D eigenvalue weighted by atomic mass is 32.1. The molecule has 0 aliphatic heterocycles. The van der Waals surface area contributed by atoms with Crippen LogP contribution in [-0.4, -0.2) is 29.9 Å². The summed E-state index contributed by atoms with van der Waals surface area (Å²) < 4.78 is 12.0. The zero-order valence-corrected chi connectivity index (χ0v) is 17.6. The predicted octanol–water partition coefficient (Wildman–Crippen LogP) is 4.94. The lowest BCUT2D eigenvalue weighted by Gasteiger charge is -2.05. The van der Waals surface area contributed by atoms with E-state index in [1.807, 2.05) is 60.7 Å². The van der Waals surface area contributed by atoms with Crippen molar-refractivity contribution in [3.8, 4) is 43.9 Å². The molecule has 152 valence electrons. The minimum Gasteiger partial charge on any atom is -0.497 e. The number of carbonyl (C=O) groups excluding carboxylic acids is 1. The molecule has 0 fully saturated rings. The Morgan fingerprint density at radius 2 is 1.50 bits per heavy atom. The van der Waals surface area contributed by atoms with Gasteiger partial charge < -0.3 is 14.3 Å². The molecule has 0 spiro atoms. The SMILES string of the molecule is COc1ccc(-c2nc(-c3cccn3OC(C)=O)sc2-c2ccc(OC)cc2)cc1. The Bertz CT molecular complexity index is 1100. The van der Waals surface area contributed by atoms with E-state index in [0.29, 0.717) is 5.69 Å². The van der Waals surface area contributed by atoms with Gasteiger partial charge in [-0.2, -0.15) is 4.73 Å². The van der Waals surface area contributed by atoms with Crippen molar-refractivity contribution >= 4 is 17.3 Å². The van der Waals surface area contributed by atoms with Crippen LogP contribution in [0.4, 0.5) is 0 Å².